The number of hydrogen-bond donors (Lipinski definition) is 0. The standard InChI is InChI=1S/C23H23N3O3/c1-27-21-10-16(11-22-23(21)29-15-28-22)13-26-9-5-19(14-26)18-4-8-25-20(12-18)17-2-6-24-7-3-17/h2-4,6-8,10-12,19H,5,9,13-15H2,1H3/t19-/m0/s1. The van der Waals surface area contributed by atoms with Crippen LogP contribution in [-0.2, 0) is 6.54 Å². The van der Waals surface area contributed by atoms with Crippen molar-refractivity contribution in [2.75, 3.05) is 27.0 Å². The molecule has 4 heterocycles. The molecule has 6 nitrogen and oxygen atoms in total. The Labute approximate surface area is 170 Å². The minimum Gasteiger partial charge on any atom is -0.493 e. The first-order chi connectivity index (χ1) is 14.3. The first-order valence-electron chi connectivity index (χ1n) is 9.85. The highest BCUT2D eigenvalue weighted by Gasteiger charge is 2.26. The van der Waals surface area contributed by atoms with Crippen LogP contribution < -0.4 is 14.2 Å². The molecule has 0 aliphatic carbocycles. The second-order valence-corrected chi connectivity index (χ2v) is 7.46. The van der Waals surface area contributed by atoms with Crippen molar-refractivity contribution in [3.63, 3.8) is 0 Å². The Morgan fingerprint density at radius 1 is 1.10 bits per heavy atom. The molecule has 1 aromatic carbocycles. The molecule has 2 aliphatic rings. The van der Waals surface area contributed by atoms with Crippen LogP contribution in [0.4, 0.5) is 0 Å². The van der Waals surface area contributed by atoms with Crippen LogP contribution in [0.1, 0.15) is 23.5 Å². The molecule has 0 saturated carbocycles. The smallest absolute Gasteiger partial charge is 0.231 e. The number of nitrogens with zero attached hydrogens (tertiary/aromatic N) is 3. The topological polar surface area (TPSA) is 56.7 Å². The fourth-order valence-corrected chi connectivity index (χ4v) is 4.16. The van der Waals surface area contributed by atoms with E-state index in [1.807, 2.05) is 18.3 Å². The molecule has 5 rings (SSSR count). The molecule has 0 radical (unpaired) electrons. The van der Waals surface area contributed by atoms with Crippen LogP contribution in [0.25, 0.3) is 11.3 Å². The van der Waals surface area contributed by atoms with E-state index in [0.29, 0.717) is 11.7 Å². The lowest BCUT2D eigenvalue weighted by molar-refractivity contribution is 0.171. The summed E-state index contributed by atoms with van der Waals surface area (Å²) in [5, 5.41) is 0. The summed E-state index contributed by atoms with van der Waals surface area (Å²) in [6.45, 7) is 3.21. The van der Waals surface area contributed by atoms with E-state index in [-0.39, 0.29) is 6.79 Å². The monoisotopic (exact) mass is 389 g/mol. The van der Waals surface area contributed by atoms with Gasteiger partial charge in [-0.2, -0.15) is 0 Å². The van der Waals surface area contributed by atoms with Crippen LogP contribution in [0.5, 0.6) is 17.2 Å². The molecule has 1 atom stereocenters. The molecule has 3 aromatic rings. The number of fused-ring (bicyclic) bond motifs is 1. The van der Waals surface area contributed by atoms with Crippen molar-refractivity contribution in [3.8, 4) is 28.5 Å². The highest BCUT2D eigenvalue weighted by molar-refractivity contribution is 5.59. The summed E-state index contributed by atoms with van der Waals surface area (Å²) in [7, 11) is 1.66. The van der Waals surface area contributed by atoms with Crippen LogP contribution >= 0.6 is 0 Å². The van der Waals surface area contributed by atoms with Gasteiger partial charge in [0, 0.05) is 37.2 Å². The van der Waals surface area contributed by atoms with Crippen molar-refractivity contribution in [1.82, 2.24) is 14.9 Å². The van der Waals surface area contributed by atoms with E-state index in [1.54, 1.807) is 19.5 Å². The average molecular weight is 389 g/mol. The summed E-state index contributed by atoms with van der Waals surface area (Å²) in [4.78, 5) is 11.1. The zero-order valence-electron chi connectivity index (χ0n) is 16.4. The second kappa shape index (κ2) is 7.72. The van der Waals surface area contributed by atoms with E-state index in [0.717, 1.165) is 48.8 Å². The molecule has 0 amide bonds. The molecule has 0 bridgehead atoms. The summed E-state index contributed by atoms with van der Waals surface area (Å²) >= 11 is 0. The van der Waals surface area contributed by atoms with Crippen molar-refractivity contribution in [3.05, 3.63) is 66.1 Å². The lowest BCUT2D eigenvalue weighted by Gasteiger charge is -2.17. The van der Waals surface area contributed by atoms with Gasteiger partial charge in [-0.1, -0.05) is 0 Å². The summed E-state index contributed by atoms with van der Waals surface area (Å²) in [6.07, 6.45) is 6.67. The SMILES string of the molecule is COc1cc(CN2CC[C@H](c3ccnc(-c4ccncc4)c3)C2)cc2c1OCO2. The number of pyridine rings is 2. The maximum Gasteiger partial charge on any atom is 0.231 e. The van der Waals surface area contributed by atoms with Gasteiger partial charge < -0.3 is 14.2 Å². The van der Waals surface area contributed by atoms with Gasteiger partial charge in [-0.25, -0.2) is 0 Å². The fourth-order valence-electron chi connectivity index (χ4n) is 4.16. The third-order valence-corrected chi connectivity index (χ3v) is 5.63. The van der Waals surface area contributed by atoms with Crippen molar-refractivity contribution < 1.29 is 14.2 Å². The maximum absolute atomic E-state index is 5.56. The third kappa shape index (κ3) is 3.63. The van der Waals surface area contributed by atoms with Crippen LogP contribution in [0.15, 0.2) is 55.0 Å². The third-order valence-electron chi connectivity index (χ3n) is 5.63. The molecule has 1 fully saturated rings. The van der Waals surface area contributed by atoms with Gasteiger partial charge in [-0.15, -0.1) is 0 Å². The van der Waals surface area contributed by atoms with Crippen molar-refractivity contribution in [1.29, 1.82) is 0 Å². The molecular formula is C23H23N3O3. The van der Waals surface area contributed by atoms with Crippen molar-refractivity contribution >= 4 is 0 Å². The lowest BCUT2D eigenvalue weighted by atomic mass is 9.97. The second-order valence-electron chi connectivity index (χ2n) is 7.46. The van der Waals surface area contributed by atoms with Gasteiger partial charge in [0.15, 0.2) is 11.5 Å². The lowest BCUT2D eigenvalue weighted by Crippen LogP contribution is -2.19. The quantitative estimate of drug-likeness (QED) is 0.660. The average Bonchev–Trinajstić information content (AvgIpc) is 3.43. The maximum atomic E-state index is 5.56. The molecule has 6 heteroatoms. The molecule has 1 saturated heterocycles. The Hall–Kier alpha value is -3.12. The normalized spacial score (nSPS) is 18.2. The number of benzene rings is 1. The van der Waals surface area contributed by atoms with Crippen LogP contribution in [0.3, 0.4) is 0 Å². The molecule has 148 valence electrons. The first-order valence-corrected chi connectivity index (χ1v) is 9.85. The Balaban J connectivity index is 1.30. The fraction of sp³-hybridized carbons (Fsp3) is 0.304. The number of rotatable bonds is 5. The molecule has 0 N–H and O–H groups in total. The Morgan fingerprint density at radius 3 is 2.86 bits per heavy atom. The van der Waals surface area contributed by atoms with E-state index >= 15 is 0 Å². The van der Waals surface area contributed by atoms with Crippen LogP contribution in [-0.4, -0.2) is 41.9 Å². The van der Waals surface area contributed by atoms with Gasteiger partial charge in [-0.3, -0.25) is 14.9 Å². The van der Waals surface area contributed by atoms with Crippen LogP contribution in [0, 0.1) is 0 Å². The summed E-state index contributed by atoms with van der Waals surface area (Å²) < 4.78 is 16.5. The van der Waals surface area contributed by atoms with Crippen molar-refractivity contribution in [2.24, 2.45) is 0 Å². The summed E-state index contributed by atoms with van der Waals surface area (Å²) in [5.41, 5.74) is 4.63. The van der Waals surface area contributed by atoms with Crippen LogP contribution in [0.2, 0.25) is 0 Å². The number of aromatic nitrogens is 2. The molecule has 2 aliphatic heterocycles. The van der Waals surface area contributed by atoms with Gasteiger partial charge >= 0.3 is 0 Å². The van der Waals surface area contributed by atoms with Gasteiger partial charge in [0.2, 0.25) is 12.5 Å². The predicted octanol–water partition coefficient (Wildman–Crippen LogP) is 3.87. The largest absolute Gasteiger partial charge is 0.493 e. The van der Waals surface area contributed by atoms with E-state index in [4.69, 9.17) is 14.2 Å². The minimum absolute atomic E-state index is 0.253. The Kier molecular flexibility index (Phi) is 4.77. The molecule has 0 unspecified atom stereocenters. The molecule has 2 aromatic heterocycles. The van der Waals surface area contributed by atoms with Gasteiger partial charge in [0.25, 0.3) is 0 Å². The number of methoxy groups -OCH3 is 1. The van der Waals surface area contributed by atoms with E-state index in [1.165, 1.54) is 11.1 Å². The van der Waals surface area contributed by atoms with Gasteiger partial charge in [-0.05, 0) is 66.4 Å². The van der Waals surface area contributed by atoms with E-state index in [2.05, 4.69) is 39.1 Å². The number of hydrogen-bond acceptors (Lipinski definition) is 6. The van der Waals surface area contributed by atoms with Gasteiger partial charge in [0.05, 0.1) is 12.8 Å². The number of likely N-dealkylation sites (tertiary alicyclic amines) is 1. The molecule has 29 heavy (non-hydrogen) atoms. The van der Waals surface area contributed by atoms with E-state index in [9.17, 15) is 0 Å². The summed E-state index contributed by atoms with van der Waals surface area (Å²) in [5.74, 6) is 2.72. The Bertz CT molecular complexity index is 1010. The minimum atomic E-state index is 0.253. The zero-order valence-corrected chi connectivity index (χ0v) is 16.4. The molecular weight excluding hydrogens is 366 g/mol. The van der Waals surface area contributed by atoms with Crippen molar-refractivity contribution in [2.45, 2.75) is 18.9 Å². The van der Waals surface area contributed by atoms with E-state index < -0.39 is 0 Å². The predicted molar refractivity (Wildman–Crippen MR) is 109 cm³/mol. The molecule has 0 spiro atoms. The first kappa shape index (κ1) is 17.9. The van der Waals surface area contributed by atoms with Gasteiger partial charge in [0.1, 0.15) is 0 Å². The highest BCUT2D eigenvalue weighted by Crippen LogP contribution is 2.42. The Morgan fingerprint density at radius 2 is 2.00 bits per heavy atom. The summed E-state index contributed by atoms with van der Waals surface area (Å²) in [6, 6.07) is 12.5. The number of ether oxygens (including phenoxy) is 3. The zero-order chi connectivity index (χ0) is 19.6. The highest BCUT2D eigenvalue weighted by atomic mass is 16.7.